The summed E-state index contributed by atoms with van der Waals surface area (Å²) in [4.78, 5) is 34.5. The van der Waals surface area contributed by atoms with Crippen molar-refractivity contribution in [2.45, 2.75) is 21.1 Å². The minimum atomic E-state index is -0.192. The second-order valence-electron chi connectivity index (χ2n) is 9.02. The number of carbonyl (C=O) groups is 2. The van der Waals surface area contributed by atoms with E-state index in [-0.39, 0.29) is 29.0 Å². The number of allylic oxidation sites excluding steroid dienone is 2. The van der Waals surface area contributed by atoms with Crippen LogP contribution in [-0.2, 0) is 4.79 Å². The number of amides is 3. The van der Waals surface area contributed by atoms with Crippen molar-refractivity contribution in [1.29, 1.82) is 0 Å². The Kier molecular flexibility index (Phi) is 7.97. The van der Waals surface area contributed by atoms with Crippen molar-refractivity contribution >= 4 is 74.9 Å². The highest BCUT2D eigenvalue weighted by Crippen LogP contribution is 2.43. The second kappa shape index (κ2) is 11.9. The highest BCUT2D eigenvalue weighted by Gasteiger charge is 2.36. The van der Waals surface area contributed by atoms with Gasteiger partial charge in [0, 0.05) is 31.4 Å². The minimum absolute atomic E-state index is 0.0720. The van der Waals surface area contributed by atoms with Gasteiger partial charge in [0.15, 0.2) is 5.13 Å². The molecule has 0 saturated carbocycles. The highest BCUT2D eigenvalue weighted by molar-refractivity contribution is 8.00. The number of carbonyl (C=O) groups excluding carboxylic acids is 2. The number of thiazole rings is 1. The Morgan fingerprint density at radius 2 is 1.80 bits per heavy atom. The first kappa shape index (κ1) is 26.7. The van der Waals surface area contributed by atoms with Crippen molar-refractivity contribution in [3.63, 3.8) is 0 Å². The van der Waals surface area contributed by atoms with Crippen LogP contribution in [0, 0.1) is 0 Å². The maximum Gasteiger partial charge on any atom is 0.326 e. The normalized spacial score (nSPS) is 17.2. The molecule has 0 fully saturated rings. The number of aromatic nitrogens is 1. The zero-order valence-corrected chi connectivity index (χ0v) is 24.2. The van der Waals surface area contributed by atoms with E-state index < -0.39 is 0 Å². The number of anilines is 3. The summed E-state index contributed by atoms with van der Waals surface area (Å²) in [6.07, 6.45) is 8.22. The lowest BCUT2D eigenvalue weighted by Gasteiger charge is -2.40. The molecule has 2 unspecified atom stereocenters. The zero-order chi connectivity index (χ0) is 27.5. The van der Waals surface area contributed by atoms with E-state index >= 15 is 0 Å². The summed E-state index contributed by atoms with van der Waals surface area (Å²) < 4.78 is 0. The highest BCUT2D eigenvalue weighted by atomic mass is 35.5. The lowest BCUT2D eigenvalue weighted by Crippen LogP contribution is -2.49. The molecule has 6 rings (SSSR count). The molecule has 10 heteroatoms. The van der Waals surface area contributed by atoms with Gasteiger partial charge in [0.25, 0.3) is 0 Å². The van der Waals surface area contributed by atoms with Gasteiger partial charge < -0.3 is 10.6 Å². The van der Waals surface area contributed by atoms with Crippen LogP contribution in [0.4, 0.5) is 21.3 Å². The van der Waals surface area contributed by atoms with E-state index in [9.17, 15) is 9.59 Å². The van der Waals surface area contributed by atoms with Crippen LogP contribution in [0.15, 0.2) is 112 Å². The Morgan fingerprint density at radius 1 is 0.975 bits per heavy atom. The molecule has 1 aliphatic heterocycles. The van der Waals surface area contributed by atoms with Crippen LogP contribution >= 0.6 is 46.5 Å². The van der Waals surface area contributed by atoms with E-state index in [0.29, 0.717) is 15.8 Å². The van der Waals surface area contributed by atoms with Gasteiger partial charge >= 0.3 is 6.03 Å². The molecule has 3 amide bonds. The van der Waals surface area contributed by atoms with Crippen LogP contribution < -0.4 is 15.5 Å². The second-order valence-corrected chi connectivity index (χ2v) is 12.6. The van der Waals surface area contributed by atoms with Gasteiger partial charge in [0.05, 0.1) is 28.4 Å². The quantitative estimate of drug-likeness (QED) is 0.218. The van der Waals surface area contributed by atoms with Gasteiger partial charge in [-0.15, -0.1) is 34.9 Å². The van der Waals surface area contributed by atoms with Crippen LogP contribution in [0.3, 0.4) is 0 Å². The summed E-state index contributed by atoms with van der Waals surface area (Å²) in [7, 11) is 0. The van der Waals surface area contributed by atoms with Crippen molar-refractivity contribution < 1.29 is 9.59 Å². The smallest absolute Gasteiger partial charge is 0.307 e. The summed E-state index contributed by atoms with van der Waals surface area (Å²) in [6, 6.07) is 22.7. The molecule has 0 bridgehead atoms. The standard InChI is InChI=1S/C30H23ClN4O2S3/c31-20-14-12-19(13-15-20)23-17-39-29(33-23)34-28(36)18-38-22-7-5-6-21(16-22)32-30(37)35-24-8-1-3-10-26(24)40-27-11-4-2-9-25(27)35/h1-17,24,26H,18H2,(H,32,37)(H,33,34,36). The van der Waals surface area contributed by atoms with Crippen molar-refractivity contribution in [3.8, 4) is 11.3 Å². The van der Waals surface area contributed by atoms with Gasteiger partial charge in [0.2, 0.25) is 5.91 Å². The van der Waals surface area contributed by atoms with Gasteiger partial charge in [-0.05, 0) is 42.5 Å². The number of urea groups is 1. The van der Waals surface area contributed by atoms with Gasteiger partial charge in [-0.2, -0.15) is 0 Å². The van der Waals surface area contributed by atoms with Crippen molar-refractivity contribution in [2.75, 3.05) is 21.3 Å². The number of thioether (sulfide) groups is 2. The number of rotatable bonds is 6. The van der Waals surface area contributed by atoms with Crippen molar-refractivity contribution in [2.24, 2.45) is 0 Å². The molecule has 2 heterocycles. The van der Waals surface area contributed by atoms with Crippen LogP contribution in [0.5, 0.6) is 0 Å². The third-order valence-corrected chi connectivity index (χ3v) is 9.62. The lowest BCUT2D eigenvalue weighted by molar-refractivity contribution is -0.113. The molecule has 4 aromatic rings. The van der Waals surface area contributed by atoms with Crippen molar-refractivity contribution in [1.82, 2.24) is 4.98 Å². The van der Waals surface area contributed by atoms with Crippen LogP contribution in [0.2, 0.25) is 5.02 Å². The fraction of sp³-hybridized carbons (Fsp3) is 0.100. The topological polar surface area (TPSA) is 74.3 Å². The molecule has 2 N–H and O–H groups in total. The Hall–Kier alpha value is -3.50. The average molecular weight is 603 g/mol. The molecular formula is C30H23ClN4O2S3. The summed E-state index contributed by atoms with van der Waals surface area (Å²) in [5.74, 6) is 0.0623. The average Bonchev–Trinajstić information content (AvgIpc) is 3.43. The first-order valence-electron chi connectivity index (χ1n) is 12.5. The molecule has 2 aliphatic rings. The number of hydrogen-bond donors (Lipinski definition) is 2. The van der Waals surface area contributed by atoms with Crippen LogP contribution in [0.25, 0.3) is 11.3 Å². The molecule has 0 spiro atoms. The number of nitrogens with zero attached hydrogens (tertiary/aromatic N) is 2. The lowest BCUT2D eigenvalue weighted by atomic mass is 10.1. The third-order valence-electron chi connectivity index (χ3n) is 6.31. The van der Waals surface area contributed by atoms with E-state index in [1.54, 1.807) is 11.8 Å². The fourth-order valence-electron chi connectivity index (χ4n) is 4.46. The molecule has 40 heavy (non-hydrogen) atoms. The SMILES string of the molecule is O=C(CSc1cccc(NC(=O)N2c3ccccc3SC3C=CC=CC32)c1)Nc1nc(-c2ccc(Cl)cc2)cs1. The van der Waals surface area contributed by atoms with E-state index in [1.165, 1.54) is 23.1 Å². The Morgan fingerprint density at radius 3 is 2.67 bits per heavy atom. The number of nitrogens with one attached hydrogen (secondary N) is 2. The molecule has 1 aromatic heterocycles. The molecule has 0 radical (unpaired) electrons. The predicted octanol–water partition coefficient (Wildman–Crippen LogP) is 8.20. The predicted molar refractivity (Wildman–Crippen MR) is 168 cm³/mol. The van der Waals surface area contributed by atoms with Crippen molar-refractivity contribution in [3.05, 3.63) is 108 Å². The number of fused-ring (bicyclic) bond motifs is 2. The largest absolute Gasteiger partial charge is 0.326 e. The maximum absolute atomic E-state index is 13.6. The number of halogens is 1. The van der Waals surface area contributed by atoms with E-state index in [2.05, 4.69) is 33.8 Å². The first-order valence-corrected chi connectivity index (χ1v) is 15.6. The summed E-state index contributed by atoms with van der Waals surface area (Å²) >= 11 is 10.5. The van der Waals surface area contributed by atoms with E-state index in [0.717, 1.165) is 26.7 Å². The monoisotopic (exact) mass is 602 g/mol. The number of para-hydroxylation sites is 1. The molecular weight excluding hydrogens is 580 g/mol. The summed E-state index contributed by atoms with van der Waals surface area (Å²) in [5.41, 5.74) is 3.29. The Balaban J connectivity index is 1.08. The van der Waals surface area contributed by atoms with Gasteiger partial charge in [0.1, 0.15) is 0 Å². The summed E-state index contributed by atoms with van der Waals surface area (Å²) in [5, 5.41) is 9.20. The van der Waals surface area contributed by atoms with E-state index in [1.807, 2.05) is 89.2 Å². The van der Waals surface area contributed by atoms with Gasteiger partial charge in [-0.25, -0.2) is 9.78 Å². The molecule has 1 aliphatic carbocycles. The van der Waals surface area contributed by atoms with Gasteiger partial charge in [-0.1, -0.05) is 66.2 Å². The minimum Gasteiger partial charge on any atom is -0.307 e. The molecule has 3 aromatic carbocycles. The number of benzene rings is 3. The van der Waals surface area contributed by atoms with Crippen LogP contribution in [0.1, 0.15) is 0 Å². The van der Waals surface area contributed by atoms with Crippen LogP contribution in [-0.4, -0.2) is 34.0 Å². The fourth-order valence-corrected chi connectivity index (χ4v) is 7.34. The molecule has 6 nitrogen and oxygen atoms in total. The number of hydrogen-bond acceptors (Lipinski definition) is 6. The van der Waals surface area contributed by atoms with E-state index in [4.69, 9.17) is 11.6 Å². The first-order chi connectivity index (χ1) is 19.5. The summed E-state index contributed by atoms with van der Waals surface area (Å²) in [6.45, 7) is 0. The molecule has 200 valence electrons. The Bertz CT molecular complexity index is 1620. The van der Waals surface area contributed by atoms with Gasteiger partial charge in [-0.3, -0.25) is 9.69 Å². The third kappa shape index (κ3) is 5.97. The zero-order valence-electron chi connectivity index (χ0n) is 21.0. The molecule has 0 saturated heterocycles. The maximum atomic E-state index is 13.6. The molecule has 2 atom stereocenters. The Labute approximate surface area is 249 Å².